The zero-order valence-corrected chi connectivity index (χ0v) is 13.2. The molecule has 4 nitrogen and oxygen atoms in total. The topological polar surface area (TPSA) is 39.5 Å². The van der Waals surface area contributed by atoms with Crippen LogP contribution in [0, 0.1) is 11.3 Å². The molecule has 0 bridgehead atoms. The zero-order chi connectivity index (χ0) is 17.0. The molecule has 1 aromatic rings. The van der Waals surface area contributed by atoms with Crippen molar-refractivity contribution in [3.05, 3.63) is 29.3 Å². The molecule has 1 fully saturated rings. The molecule has 0 radical (unpaired) electrons. The van der Waals surface area contributed by atoms with Crippen molar-refractivity contribution in [2.45, 2.75) is 19.1 Å². The first-order valence-corrected chi connectivity index (χ1v) is 7.46. The van der Waals surface area contributed by atoms with Gasteiger partial charge >= 0.3 is 6.18 Å². The standard InChI is InChI=1S/C16H20F3N3O/c1-12(11-23-2)21-5-7-22(8-6-21)15-4-3-14(16(17,18)19)9-13(15)10-20/h3-4,9,12H,5-8,11H2,1-2H3. The largest absolute Gasteiger partial charge is 0.416 e. The Labute approximate surface area is 134 Å². The minimum absolute atomic E-state index is 0.0678. The van der Waals surface area contributed by atoms with Gasteiger partial charge in [-0.15, -0.1) is 0 Å². The van der Waals surface area contributed by atoms with Crippen molar-refractivity contribution in [3.8, 4) is 6.07 Å². The summed E-state index contributed by atoms with van der Waals surface area (Å²) in [5.74, 6) is 0. The van der Waals surface area contributed by atoms with Crippen LogP contribution in [0.3, 0.4) is 0 Å². The molecule has 0 N–H and O–H groups in total. The number of halogens is 3. The van der Waals surface area contributed by atoms with E-state index in [0.717, 1.165) is 25.2 Å². The fourth-order valence-electron chi connectivity index (χ4n) is 2.83. The van der Waals surface area contributed by atoms with Crippen LogP contribution in [0.1, 0.15) is 18.1 Å². The first kappa shape index (κ1) is 17.6. The molecule has 126 valence electrons. The Kier molecular flexibility index (Phi) is 5.50. The van der Waals surface area contributed by atoms with E-state index in [1.165, 1.54) is 6.07 Å². The number of alkyl halides is 3. The Bertz CT molecular complexity index is 575. The Balaban J connectivity index is 2.11. The van der Waals surface area contributed by atoms with Crippen molar-refractivity contribution in [3.63, 3.8) is 0 Å². The van der Waals surface area contributed by atoms with Crippen LogP contribution in [0.2, 0.25) is 0 Å². The van der Waals surface area contributed by atoms with Crippen LogP contribution >= 0.6 is 0 Å². The quantitative estimate of drug-likeness (QED) is 0.852. The lowest BCUT2D eigenvalue weighted by Crippen LogP contribution is -2.50. The summed E-state index contributed by atoms with van der Waals surface area (Å²) in [4.78, 5) is 4.24. The Morgan fingerprint density at radius 3 is 2.43 bits per heavy atom. The Hall–Kier alpha value is -1.78. The number of hydrogen-bond donors (Lipinski definition) is 0. The van der Waals surface area contributed by atoms with Gasteiger partial charge in [0.25, 0.3) is 0 Å². The van der Waals surface area contributed by atoms with Crippen LogP contribution in [-0.2, 0) is 10.9 Å². The average molecular weight is 327 g/mol. The monoisotopic (exact) mass is 327 g/mol. The third kappa shape index (κ3) is 4.15. The van der Waals surface area contributed by atoms with Crippen LogP contribution < -0.4 is 4.90 Å². The molecule has 0 aliphatic carbocycles. The molecule has 0 aromatic heterocycles. The van der Waals surface area contributed by atoms with E-state index >= 15 is 0 Å². The maximum absolute atomic E-state index is 12.7. The van der Waals surface area contributed by atoms with E-state index in [0.29, 0.717) is 31.4 Å². The minimum atomic E-state index is -4.43. The number of methoxy groups -OCH3 is 1. The molecule has 1 saturated heterocycles. The number of anilines is 1. The highest BCUT2D eigenvalue weighted by molar-refractivity contribution is 5.61. The Morgan fingerprint density at radius 2 is 1.91 bits per heavy atom. The predicted octanol–water partition coefficient (Wildman–Crippen LogP) is 2.73. The predicted molar refractivity (Wildman–Crippen MR) is 81.3 cm³/mol. The molecular formula is C16H20F3N3O. The van der Waals surface area contributed by atoms with Crippen LogP contribution in [-0.4, -0.2) is 50.8 Å². The summed E-state index contributed by atoms with van der Waals surface area (Å²) in [6, 6.07) is 5.54. The van der Waals surface area contributed by atoms with Gasteiger partial charge in [-0.2, -0.15) is 18.4 Å². The fourth-order valence-corrected chi connectivity index (χ4v) is 2.83. The van der Waals surface area contributed by atoms with E-state index in [1.54, 1.807) is 7.11 Å². The lowest BCUT2D eigenvalue weighted by atomic mass is 10.1. The van der Waals surface area contributed by atoms with E-state index in [4.69, 9.17) is 4.74 Å². The van der Waals surface area contributed by atoms with Gasteiger partial charge in [-0.05, 0) is 25.1 Å². The van der Waals surface area contributed by atoms with Crippen molar-refractivity contribution in [2.24, 2.45) is 0 Å². The molecule has 0 saturated carbocycles. The van der Waals surface area contributed by atoms with Gasteiger partial charge < -0.3 is 9.64 Å². The summed E-state index contributed by atoms with van der Waals surface area (Å²) in [6.07, 6.45) is -4.43. The van der Waals surface area contributed by atoms with Crippen LogP contribution in [0.15, 0.2) is 18.2 Å². The van der Waals surface area contributed by atoms with Crippen LogP contribution in [0.4, 0.5) is 18.9 Å². The number of nitrogens with zero attached hydrogens (tertiary/aromatic N) is 3. The smallest absolute Gasteiger partial charge is 0.383 e. The molecule has 23 heavy (non-hydrogen) atoms. The van der Waals surface area contributed by atoms with Crippen molar-refractivity contribution in [1.29, 1.82) is 5.26 Å². The summed E-state index contributed by atoms with van der Waals surface area (Å²) in [6.45, 7) is 5.65. The molecule has 7 heteroatoms. The maximum Gasteiger partial charge on any atom is 0.416 e. The highest BCUT2D eigenvalue weighted by Gasteiger charge is 2.32. The van der Waals surface area contributed by atoms with Gasteiger partial charge in [-0.3, -0.25) is 4.90 Å². The first-order valence-electron chi connectivity index (χ1n) is 7.46. The maximum atomic E-state index is 12.7. The molecule has 2 rings (SSSR count). The number of nitriles is 1. The van der Waals surface area contributed by atoms with Gasteiger partial charge in [0.2, 0.25) is 0 Å². The molecule has 1 heterocycles. The van der Waals surface area contributed by atoms with Crippen molar-refractivity contribution in [1.82, 2.24) is 4.90 Å². The van der Waals surface area contributed by atoms with E-state index in [9.17, 15) is 18.4 Å². The molecular weight excluding hydrogens is 307 g/mol. The number of hydrogen-bond acceptors (Lipinski definition) is 4. The van der Waals surface area contributed by atoms with Gasteiger partial charge in [0, 0.05) is 39.3 Å². The summed E-state index contributed by atoms with van der Waals surface area (Å²) < 4.78 is 43.4. The second-order valence-corrected chi connectivity index (χ2v) is 5.67. The summed E-state index contributed by atoms with van der Waals surface area (Å²) in [7, 11) is 1.66. The number of rotatable bonds is 4. The second-order valence-electron chi connectivity index (χ2n) is 5.67. The Morgan fingerprint density at radius 1 is 1.26 bits per heavy atom. The highest BCUT2D eigenvalue weighted by atomic mass is 19.4. The normalized spacial score (nSPS) is 17.8. The van der Waals surface area contributed by atoms with Gasteiger partial charge in [-0.1, -0.05) is 0 Å². The summed E-state index contributed by atoms with van der Waals surface area (Å²) in [5, 5.41) is 9.18. The van der Waals surface area contributed by atoms with Gasteiger partial charge in [-0.25, -0.2) is 0 Å². The molecule has 1 aliphatic rings. The second kappa shape index (κ2) is 7.20. The lowest BCUT2D eigenvalue weighted by molar-refractivity contribution is -0.137. The number of ether oxygens (including phenoxy) is 1. The average Bonchev–Trinajstić information content (AvgIpc) is 2.53. The van der Waals surface area contributed by atoms with Gasteiger partial charge in [0.15, 0.2) is 0 Å². The van der Waals surface area contributed by atoms with Crippen LogP contribution in [0.25, 0.3) is 0 Å². The molecule has 1 aliphatic heterocycles. The molecule has 1 unspecified atom stereocenters. The number of benzene rings is 1. The molecule has 1 aromatic carbocycles. The summed E-state index contributed by atoms with van der Waals surface area (Å²) in [5.41, 5.74) is -0.150. The SMILES string of the molecule is COCC(C)N1CCN(c2ccc(C(F)(F)F)cc2C#N)CC1. The lowest BCUT2D eigenvalue weighted by Gasteiger charge is -2.39. The van der Waals surface area contributed by atoms with Crippen molar-refractivity contribution in [2.75, 3.05) is 44.8 Å². The molecule has 0 spiro atoms. The fraction of sp³-hybridized carbons (Fsp3) is 0.562. The van der Waals surface area contributed by atoms with E-state index in [1.807, 2.05) is 11.0 Å². The first-order chi connectivity index (χ1) is 10.9. The third-order valence-corrected chi connectivity index (χ3v) is 4.13. The van der Waals surface area contributed by atoms with Crippen molar-refractivity contribution >= 4 is 5.69 Å². The van der Waals surface area contributed by atoms with E-state index < -0.39 is 11.7 Å². The molecule has 0 amide bonds. The zero-order valence-electron chi connectivity index (χ0n) is 13.2. The van der Waals surface area contributed by atoms with Gasteiger partial charge in [0.1, 0.15) is 6.07 Å². The number of piperazine rings is 1. The molecule has 1 atom stereocenters. The van der Waals surface area contributed by atoms with Crippen LogP contribution in [0.5, 0.6) is 0 Å². The van der Waals surface area contributed by atoms with Crippen molar-refractivity contribution < 1.29 is 17.9 Å². The minimum Gasteiger partial charge on any atom is -0.383 e. The summed E-state index contributed by atoms with van der Waals surface area (Å²) >= 11 is 0. The van der Waals surface area contributed by atoms with E-state index in [-0.39, 0.29) is 5.56 Å². The highest BCUT2D eigenvalue weighted by Crippen LogP contribution is 2.33. The third-order valence-electron chi connectivity index (χ3n) is 4.13. The van der Waals surface area contributed by atoms with Gasteiger partial charge in [0.05, 0.1) is 23.4 Å². The van der Waals surface area contributed by atoms with E-state index in [2.05, 4.69) is 11.8 Å².